The molecule has 7 heteroatoms. The minimum Gasteiger partial charge on any atom is -0.449 e. The van der Waals surface area contributed by atoms with Crippen LogP contribution in [0.15, 0.2) is 58.3 Å². The first-order valence-corrected chi connectivity index (χ1v) is 11.8. The van der Waals surface area contributed by atoms with Crippen LogP contribution < -0.4 is 5.32 Å². The van der Waals surface area contributed by atoms with Crippen LogP contribution in [0.25, 0.3) is 0 Å². The maximum absolute atomic E-state index is 12.7. The van der Waals surface area contributed by atoms with Gasteiger partial charge in [-0.1, -0.05) is 18.2 Å². The van der Waals surface area contributed by atoms with E-state index >= 15 is 0 Å². The van der Waals surface area contributed by atoms with Crippen molar-refractivity contribution >= 4 is 40.7 Å². The number of carbonyl (C=O) groups excluding carboxylic acids is 2. The number of ether oxygens (including phenoxy) is 1. The van der Waals surface area contributed by atoms with E-state index in [1.807, 2.05) is 29.6 Å². The van der Waals surface area contributed by atoms with Gasteiger partial charge in [0, 0.05) is 21.7 Å². The van der Waals surface area contributed by atoms with Crippen molar-refractivity contribution in [3.05, 3.63) is 75.7 Å². The second-order valence-corrected chi connectivity index (χ2v) is 8.87. The maximum Gasteiger partial charge on any atom is 0.340 e. The van der Waals surface area contributed by atoms with Crippen molar-refractivity contribution in [1.82, 2.24) is 4.98 Å². The molecule has 0 saturated carbocycles. The largest absolute Gasteiger partial charge is 0.449 e. The van der Waals surface area contributed by atoms with Crippen LogP contribution >= 0.6 is 23.1 Å². The molecule has 0 aliphatic heterocycles. The van der Waals surface area contributed by atoms with Crippen LogP contribution in [0.3, 0.4) is 0 Å². The highest BCUT2D eigenvalue weighted by Crippen LogP contribution is 2.27. The van der Waals surface area contributed by atoms with Crippen molar-refractivity contribution in [1.29, 1.82) is 0 Å². The first-order valence-electron chi connectivity index (χ1n) is 9.82. The predicted molar refractivity (Wildman–Crippen MR) is 120 cm³/mol. The minimum atomic E-state index is -0.901. The van der Waals surface area contributed by atoms with Crippen LogP contribution in [-0.4, -0.2) is 23.0 Å². The number of thiazole rings is 1. The Hall–Kier alpha value is -2.64. The summed E-state index contributed by atoms with van der Waals surface area (Å²) >= 11 is 3.07. The molecule has 1 aliphatic rings. The lowest BCUT2D eigenvalue weighted by molar-refractivity contribution is -0.123. The average Bonchev–Trinajstić information content (AvgIpc) is 3.43. The SMILES string of the molecule is CC(OC(=O)c1ccccc1SCc1cscn1)C(=O)Nc1ccc2c(c1)CCC2. The molecule has 0 saturated heterocycles. The van der Waals surface area contributed by atoms with Gasteiger partial charge >= 0.3 is 5.97 Å². The third kappa shape index (κ3) is 4.91. The Balaban J connectivity index is 1.37. The summed E-state index contributed by atoms with van der Waals surface area (Å²) in [4.78, 5) is 30.3. The molecule has 1 atom stereocenters. The Morgan fingerprint density at radius 1 is 1.20 bits per heavy atom. The van der Waals surface area contributed by atoms with Crippen molar-refractivity contribution in [2.45, 2.75) is 42.9 Å². The van der Waals surface area contributed by atoms with Crippen LogP contribution in [0, 0.1) is 0 Å². The van der Waals surface area contributed by atoms with Crippen molar-refractivity contribution in [2.24, 2.45) is 0 Å². The van der Waals surface area contributed by atoms with E-state index < -0.39 is 12.1 Å². The number of amides is 1. The molecular formula is C23H22N2O3S2. The molecule has 1 aliphatic carbocycles. The highest BCUT2D eigenvalue weighted by molar-refractivity contribution is 7.98. The highest BCUT2D eigenvalue weighted by atomic mass is 32.2. The molecule has 3 aromatic rings. The fourth-order valence-electron chi connectivity index (χ4n) is 3.39. The molecule has 154 valence electrons. The first kappa shape index (κ1) is 20.6. The molecule has 5 nitrogen and oxygen atoms in total. The topological polar surface area (TPSA) is 68.3 Å². The number of anilines is 1. The van der Waals surface area contributed by atoms with E-state index in [4.69, 9.17) is 4.74 Å². The Morgan fingerprint density at radius 2 is 2.03 bits per heavy atom. The first-order chi connectivity index (χ1) is 14.6. The van der Waals surface area contributed by atoms with Gasteiger partial charge in [-0.2, -0.15) is 0 Å². The van der Waals surface area contributed by atoms with Gasteiger partial charge in [-0.3, -0.25) is 4.79 Å². The molecule has 1 unspecified atom stereocenters. The maximum atomic E-state index is 12.7. The third-order valence-corrected chi connectivity index (χ3v) is 6.73. The van der Waals surface area contributed by atoms with Gasteiger partial charge in [-0.05, 0) is 61.6 Å². The zero-order chi connectivity index (χ0) is 20.9. The zero-order valence-corrected chi connectivity index (χ0v) is 18.2. The number of aryl methyl sites for hydroxylation is 2. The number of benzene rings is 2. The standard InChI is InChI=1S/C23H22N2O3S2/c1-15(22(26)25-18-10-9-16-5-4-6-17(16)11-18)28-23(27)20-7-2-3-8-21(20)30-13-19-12-29-14-24-19/h2-3,7-12,14-15H,4-6,13H2,1H3,(H,25,26). The smallest absolute Gasteiger partial charge is 0.340 e. The summed E-state index contributed by atoms with van der Waals surface area (Å²) < 4.78 is 5.46. The molecule has 2 aromatic carbocycles. The Kier molecular flexibility index (Phi) is 6.50. The fraction of sp³-hybridized carbons (Fsp3) is 0.261. The van der Waals surface area contributed by atoms with Gasteiger partial charge in [0.2, 0.25) is 0 Å². The summed E-state index contributed by atoms with van der Waals surface area (Å²) in [6.07, 6.45) is 2.39. The van der Waals surface area contributed by atoms with Crippen molar-refractivity contribution < 1.29 is 14.3 Å². The number of aromatic nitrogens is 1. The van der Waals surface area contributed by atoms with Gasteiger partial charge < -0.3 is 10.1 Å². The molecule has 4 rings (SSSR count). The number of thioether (sulfide) groups is 1. The summed E-state index contributed by atoms with van der Waals surface area (Å²) in [6, 6.07) is 13.2. The molecule has 1 N–H and O–H groups in total. The van der Waals surface area contributed by atoms with Crippen molar-refractivity contribution in [3.8, 4) is 0 Å². The van der Waals surface area contributed by atoms with E-state index in [9.17, 15) is 9.59 Å². The molecule has 0 bridgehead atoms. The lowest BCUT2D eigenvalue weighted by Gasteiger charge is -2.15. The number of rotatable bonds is 7. The summed E-state index contributed by atoms with van der Waals surface area (Å²) in [5.74, 6) is -0.177. The molecular weight excluding hydrogens is 416 g/mol. The Bertz CT molecular complexity index is 1050. The number of fused-ring (bicyclic) bond motifs is 1. The zero-order valence-electron chi connectivity index (χ0n) is 16.6. The number of nitrogens with zero attached hydrogens (tertiary/aromatic N) is 1. The lowest BCUT2D eigenvalue weighted by Crippen LogP contribution is -2.30. The van der Waals surface area contributed by atoms with Gasteiger partial charge in [0.15, 0.2) is 6.10 Å². The molecule has 0 radical (unpaired) electrons. The van der Waals surface area contributed by atoms with Crippen LogP contribution in [0.2, 0.25) is 0 Å². The number of hydrogen-bond donors (Lipinski definition) is 1. The van der Waals surface area contributed by atoms with E-state index in [0.29, 0.717) is 11.3 Å². The number of esters is 1. The van der Waals surface area contributed by atoms with Crippen LogP contribution in [-0.2, 0) is 28.1 Å². The van der Waals surface area contributed by atoms with Gasteiger partial charge in [0.1, 0.15) is 0 Å². The fourth-order valence-corrected chi connectivity index (χ4v) is 5.00. The van der Waals surface area contributed by atoms with E-state index in [1.54, 1.807) is 35.9 Å². The third-order valence-electron chi connectivity index (χ3n) is 4.99. The van der Waals surface area contributed by atoms with Crippen molar-refractivity contribution in [2.75, 3.05) is 5.32 Å². The normalized spacial score (nSPS) is 13.5. The van der Waals surface area contributed by atoms with E-state index in [-0.39, 0.29) is 5.91 Å². The molecule has 30 heavy (non-hydrogen) atoms. The van der Waals surface area contributed by atoms with Gasteiger partial charge in [-0.15, -0.1) is 23.1 Å². The second-order valence-electron chi connectivity index (χ2n) is 7.14. The molecule has 1 amide bonds. The average molecular weight is 439 g/mol. The quantitative estimate of drug-likeness (QED) is 0.410. The molecule has 0 spiro atoms. The summed E-state index contributed by atoms with van der Waals surface area (Å²) in [5.41, 5.74) is 6.58. The summed E-state index contributed by atoms with van der Waals surface area (Å²) in [6.45, 7) is 1.59. The Morgan fingerprint density at radius 3 is 2.87 bits per heavy atom. The van der Waals surface area contributed by atoms with Gasteiger partial charge in [0.05, 0.1) is 16.8 Å². The summed E-state index contributed by atoms with van der Waals surface area (Å²) in [7, 11) is 0. The van der Waals surface area contributed by atoms with E-state index in [0.717, 1.165) is 35.5 Å². The molecule has 1 heterocycles. The van der Waals surface area contributed by atoms with Crippen LogP contribution in [0.1, 0.15) is 40.5 Å². The highest BCUT2D eigenvalue weighted by Gasteiger charge is 2.21. The van der Waals surface area contributed by atoms with Gasteiger partial charge in [-0.25, -0.2) is 9.78 Å². The lowest BCUT2D eigenvalue weighted by atomic mass is 10.1. The van der Waals surface area contributed by atoms with Crippen molar-refractivity contribution in [3.63, 3.8) is 0 Å². The number of carbonyl (C=O) groups is 2. The monoisotopic (exact) mass is 438 g/mol. The van der Waals surface area contributed by atoms with E-state index in [2.05, 4.69) is 16.4 Å². The second kappa shape index (κ2) is 9.45. The van der Waals surface area contributed by atoms with E-state index in [1.165, 1.54) is 22.9 Å². The molecule has 1 aromatic heterocycles. The molecule has 0 fully saturated rings. The van der Waals surface area contributed by atoms with Gasteiger partial charge in [0.25, 0.3) is 5.91 Å². The number of nitrogens with one attached hydrogen (secondary N) is 1. The van der Waals surface area contributed by atoms with Crippen LogP contribution in [0.4, 0.5) is 5.69 Å². The predicted octanol–water partition coefficient (Wildman–Crippen LogP) is 5.11. The number of hydrogen-bond acceptors (Lipinski definition) is 6. The Labute approximate surface area is 183 Å². The summed E-state index contributed by atoms with van der Waals surface area (Å²) in [5, 5.41) is 4.84. The minimum absolute atomic E-state index is 0.339. The van der Waals surface area contributed by atoms with Crippen LogP contribution in [0.5, 0.6) is 0 Å².